The Labute approximate surface area is 252 Å². The first-order valence-electron chi connectivity index (χ1n) is 13.5. The second kappa shape index (κ2) is 11.5. The van der Waals surface area contributed by atoms with Crippen LogP contribution in [0.1, 0.15) is 20.8 Å². The van der Waals surface area contributed by atoms with Gasteiger partial charge in [0, 0.05) is 13.1 Å². The molecule has 3 aromatic carbocycles. The number of fused-ring (bicyclic) bond motifs is 2. The van der Waals surface area contributed by atoms with Crippen LogP contribution in [-0.4, -0.2) is 61.7 Å². The van der Waals surface area contributed by atoms with Crippen molar-refractivity contribution in [1.82, 2.24) is 4.90 Å². The summed E-state index contributed by atoms with van der Waals surface area (Å²) < 4.78 is 82.6. The molecule has 0 saturated carbocycles. The molecule has 0 aromatic heterocycles. The number of aliphatic hydroxyl groups is 1. The molecule has 1 unspecified atom stereocenters. The number of carbonyl (C=O) groups is 1. The Morgan fingerprint density at radius 2 is 1.52 bits per heavy atom. The second-order valence-electron chi connectivity index (χ2n) is 11.2. The number of anilines is 2. The minimum Gasteiger partial charge on any atom is -0.453 e. The van der Waals surface area contributed by atoms with Crippen LogP contribution in [0, 0.1) is 12.0 Å². The van der Waals surface area contributed by atoms with Crippen LogP contribution in [0.15, 0.2) is 77.7 Å². The van der Waals surface area contributed by atoms with Crippen LogP contribution in [0.3, 0.4) is 0 Å². The van der Waals surface area contributed by atoms with Crippen molar-refractivity contribution in [3.63, 3.8) is 0 Å². The predicted octanol–water partition coefficient (Wildman–Crippen LogP) is 6.15. The van der Waals surface area contributed by atoms with Gasteiger partial charge in [0.05, 0.1) is 27.8 Å². The molecule has 1 amide bonds. The summed E-state index contributed by atoms with van der Waals surface area (Å²) in [6.07, 6.45) is -6.91. The Morgan fingerprint density at radius 1 is 0.955 bits per heavy atom. The first-order valence-corrected chi connectivity index (χ1v) is 14.9. The second-order valence-corrected chi connectivity index (χ2v) is 12.8. The van der Waals surface area contributed by atoms with Crippen LogP contribution in [-0.2, 0) is 14.8 Å². The zero-order valence-electron chi connectivity index (χ0n) is 23.9. The predicted molar refractivity (Wildman–Crippen MR) is 154 cm³/mol. The Balaban J connectivity index is 1.51. The number of alkyl halides is 3. The first-order chi connectivity index (χ1) is 20.6. The number of likely N-dealkylation sites (tertiary alicyclic amines) is 1. The molecule has 2 aliphatic heterocycles. The fourth-order valence-corrected chi connectivity index (χ4v) is 5.80. The normalized spacial score (nSPS) is 19.9. The monoisotopic (exact) mass is 632 g/mol. The summed E-state index contributed by atoms with van der Waals surface area (Å²) in [4.78, 5) is 16.0. The van der Waals surface area contributed by atoms with E-state index in [4.69, 9.17) is 9.47 Å². The highest BCUT2D eigenvalue weighted by Crippen LogP contribution is 2.48. The maximum atomic E-state index is 13.2. The van der Waals surface area contributed by atoms with Gasteiger partial charge in [-0.3, -0.25) is 0 Å². The number of halogens is 3. The fraction of sp³-hybridized carbons (Fsp3) is 0.333. The minimum absolute atomic E-state index is 0.00431. The highest BCUT2D eigenvalue weighted by molar-refractivity contribution is 7.93. The molecule has 1 N–H and O–H groups in total. The van der Waals surface area contributed by atoms with Crippen molar-refractivity contribution in [2.45, 2.75) is 49.8 Å². The van der Waals surface area contributed by atoms with Gasteiger partial charge in [0.1, 0.15) is 17.3 Å². The van der Waals surface area contributed by atoms with Crippen LogP contribution in [0.5, 0.6) is 17.2 Å². The molecule has 0 aliphatic carbocycles. The number of benzene rings is 3. The van der Waals surface area contributed by atoms with Gasteiger partial charge in [0.2, 0.25) is 0 Å². The van der Waals surface area contributed by atoms with Crippen LogP contribution >= 0.6 is 0 Å². The topological polar surface area (TPSA) is 110 Å². The number of hydrogen-bond donors (Lipinski definition) is 1. The lowest BCUT2D eigenvalue weighted by atomic mass is 9.90. The van der Waals surface area contributed by atoms with Gasteiger partial charge in [0.25, 0.3) is 0 Å². The van der Waals surface area contributed by atoms with Gasteiger partial charge in [-0.15, -0.1) is 21.6 Å². The molecule has 10 nitrogen and oxygen atoms in total. The number of aliphatic hydroxyl groups excluding tert-OH is 1. The lowest BCUT2D eigenvalue weighted by Gasteiger charge is -2.46. The number of para-hydroxylation sites is 4. The van der Waals surface area contributed by atoms with E-state index >= 15 is 0 Å². The van der Waals surface area contributed by atoms with Crippen molar-refractivity contribution in [3.8, 4) is 23.3 Å². The van der Waals surface area contributed by atoms with Crippen molar-refractivity contribution in [3.05, 3.63) is 77.0 Å². The van der Waals surface area contributed by atoms with E-state index in [2.05, 4.69) is 15.1 Å². The summed E-state index contributed by atoms with van der Waals surface area (Å²) in [7, 11) is -4.45. The van der Waals surface area contributed by atoms with Crippen LogP contribution in [0.4, 0.5) is 29.3 Å². The molecule has 14 heteroatoms. The summed E-state index contributed by atoms with van der Waals surface area (Å²) in [5.74, 6) is -0.676. The molecule has 232 valence electrons. The number of ether oxygens (including phenoxy) is 3. The molecule has 3 aromatic rings. The SMILES string of the molecule is CC(C)(C)OC(=O)N1CC(C#[N+]S(=O)(=O)c2ccc(OC(F)(F)F)cc2)[C@H](O)[C@@H](N2c3ccccc3Oc3ccccc32)C1. The summed E-state index contributed by atoms with van der Waals surface area (Å²) in [5.41, 5.74) is 0.399. The van der Waals surface area contributed by atoms with E-state index in [1.165, 1.54) is 4.90 Å². The molecule has 1 saturated heterocycles. The molecule has 3 atom stereocenters. The van der Waals surface area contributed by atoms with Crippen molar-refractivity contribution in [2.24, 2.45) is 5.92 Å². The molecular formula is C30H29F3N3O7S+. The minimum atomic E-state index is -4.94. The Bertz CT molecular complexity index is 1670. The summed E-state index contributed by atoms with van der Waals surface area (Å²) in [6, 6.07) is 19.5. The lowest BCUT2D eigenvalue weighted by Crippen LogP contribution is -2.60. The van der Waals surface area contributed by atoms with Gasteiger partial charge in [0.15, 0.2) is 16.4 Å². The number of piperidine rings is 1. The van der Waals surface area contributed by atoms with Crippen LogP contribution < -0.4 is 14.4 Å². The zero-order valence-corrected chi connectivity index (χ0v) is 24.7. The van der Waals surface area contributed by atoms with E-state index in [0.29, 0.717) is 22.9 Å². The van der Waals surface area contributed by atoms with Gasteiger partial charge in [-0.05, 0) is 69.3 Å². The quantitative estimate of drug-likeness (QED) is 0.367. The van der Waals surface area contributed by atoms with E-state index in [1.807, 2.05) is 4.90 Å². The number of sulfonamides is 1. The molecule has 0 radical (unpaired) electrons. The summed E-state index contributed by atoms with van der Waals surface area (Å²) in [5, 5.41) is 11.7. The van der Waals surface area contributed by atoms with Crippen molar-refractivity contribution in [2.75, 3.05) is 18.0 Å². The summed E-state index contributed by atoms with van der Waals surface area (Å²) >= 11 is 0. The van der Waals surface area contributed by atoms with Gasteiger partial charge in [-0.25, -0.2) is 4.79 Å². The van der Waals surface area contributed by atoms with Crippen LogP contribution in [0.25, 0.3) is 4.25 Å². The van der Waals surface area contributed by atoms with Crippen molar-refractivity contribution >= 4 is 27.5 Å². The summed E-state index contributed by atoms with van der Waals surface area (Å²) in [6.45, 7) is 4.96. The number of hydrogen-bond acceptors (Lipinski definition) is 8. The molecule has 2 heterocycles. The lowest BCUT2D eigenvalue weighted by molar-refractivity contribution is -0.274. The molecule has 0 bridgehead atoms. The average Bonchev–Trinajstić information content (AvgIpc) is 2.94. The molecule has 0 spiro atoms. The average molecular weight is 633 g/mol. The van der Waals surface area contributed by atoms with E-state index < -0.39 is 56.8 Å². The molecule has 1 fully saturated rings. The number of carbonyl (C=O) groups excluding carboxylic acids is 1. The van der Waals surface area contributed by atoms with Gasteiger partial charge in [-0.2, -0.15) is 0 Å². The van der Waals surface area contributed by atoms with Gasteiger partial charge in [-0.1, -0.05) is 24.3 Å². The van der Waals surface area contributed by atoms with E-state index in [1.54, 1.807) is 69.3 Å². The Hall–Kier alpha value is -4.48. The number of rotatable bonds is 3. The van der Waals surface area contributed by atoms with Gasteiger partial charge < -0.3 is 29.1 Å². The molecule has 44 heavy (non-hydrogen) atoms. The highest BCUT2D eigenvalue weighted by atomic mass is 32.2. The highest BCUT2D eigenvalue weighted by Gasteiger charge is 2.46. The van der Waals surface area contributed by atoms with Crippen molar-refractivity contribution in [1.29, 1.82) is 0 Å². The third-order valence-corrected chi connectivity index (χ3v) is 7.99. The van der Waals surface area contributed by atoms with Gasteiger partial charge >= 0.3 is 28.5 Å². The van der Waals surface area contributed by atoms with E-state index in [0.717, 1.165) is 24.3 Å². The molecule has 2 aliphatic rings. The smallest absolute Gasteiger partial charge is 0.453 e. The zero-order chi connectivity index (χ0) is 31.9. The third kappa shape index (κ3) is 6.84. The molecule has 5 rings (SSSR count). The number of nitrogens with zero attached hydrogens (tertiary/aromatic N) is 3. The molecular weight excluding hydrogens is 603 g/mol. The maximum absolute atomic E-state index is 13.2. The third-order valence-electron chi connectivity index (χ3n) is 6.78. The van der Waals surface area contributed by atoms with E-state index in [-0.39, 0.29) is 13.1 Å². The van der Waals surface area contributed by atoms with E-state index in [9.17, 15) is 31.5 Å². The standard InChI is InChI=1S/C30H29F3N3O7S/c1-29(2,3)43-28(38)35-17-19(16-34-44(39,40)21-14-12-20(13-15-21)42-30(31,32)33)27(37)24(18-35)36-22-8-4-6-10-25(22)41-26-11-7-5-9-23(26)36/h4-15,19,24,27,37H,17-18H2,1-3H3/q+1/t19?,24-,27-/m0/s1. The van der Waals surface area contributed by atoms with Crippen LogP contribution in [0.2, 0.25) is 0 Å². The first kappa shape index (κ1) is 31.0. The fourth-order valence-electron chi connectivity index (χ4n) is 4.94. The number of amides is 1. The van der Waals surface area contributed by atoms with Crippen molar-refractivity contribution < 1.29 is 45.7 Å². The Morgan fingerprint density at radius 3 is 2.07 bits per heavy atom. The maximum Gasteiger partial charge on any atom is 0.573 e. The largest absolute Gasteiger partial charge is 0.573 e. The Kier molecular flexibility index (Phi) is 8.13.